The molecule has 0 aliphatic carbocycles. The highest BCUT2D eigenvalue weighted by Crippen LogP contribution is 2.15. The molecule has 354 valence electrons. The highest BCUT2D eigenvalue weighted by molar-refractivity contribution is 5.71. The summed E-state index contributed by atoms with van der Waals surface area (Å²) in [6.45, 7) is 4.76. The first kappa shape index (κ1) is 58.2. The largest absolute Gasteiger partial charge is 0.477 e. The Kier molecular flexibility index (Phi) is 41.9. The Hall–Kier alpha value is -2.75. The summed E-state index contributed by atoms with van der Waals surface area (Å²) in [5.41, 5.74) is 0. The fourth-order valence-electron chi connectivity index (χ4n) is 6.77. The minimum Gasteiger partial charge on any atom is -0.477 e. The average Bonchev–Trinajstić information content (AvgIpc) is 3.22. The maximum atomic E-state index is 12.8. The molecule has 0 saturated heterocycles. The zero-order chi connectivity index (χ0) is 44.9. The minimum absolute atomic E-state index is 0.182. The number of unbranched alkanes of at least 4 members (excludes halogenated alkanes) is 22. The van der Waals surface area contributed by atoms with Crippen molar-refractivity contribution < 1.29 is 42.9 Å². The van der Waals surface area contributed by atoms with Gasteiger partial charge in [0.1, 0.15) is 13.2 Å². The molecule has 0 aromatic rings. The molecule has 0 heterocycles. The number of carbonyl (C=O) groups excluding carboxylic acids is 2. The van der Waals surface area contributed by atoms with Crippen LogP contribution in [-0.4, -0.2) is 87.4 Å². The Balaban J connectivity index is 4.32. The summed E-state index contributed by atoms with van der Waals surface area (Å²) in [5.74, 6) is -2.01. The number of carboxylic acid groups (broad SMARTS) is 1. The molecule has 0 amide bonds. The second-order valence-electron chi connectivity index (χ2n) is 17.8. The van der Waals surface area contributed by atoms with Gasteiger partial charge < -0.3 is 28.5 Å². The predicted molar refractivity (Wildman–Crippen MR) is 253 cm³/mol. The van der Waals surface area contributed by atoms with Crippen molar-refractivity contribution in [3.8, 4) is 0 Å². The second kappa shape index (κ2) is 43.9. The molecule has 0 spiro atoms. The van der Waals surface area contributed by atoms with Crippen LogP contribution in [0.3, 0.4) is 0 Å². The van der Waals surface area contributed by atoms with E-state index in [1.165, 1.54) is 103 Å². The van der Waals surface area contributed by atoms with Crippen molar-refractivity contribution in [2.45, 2.75) is 219 Å². The molecule has 0 fully saturated rings. The molecule has 9 heteroatoms. The van der Waals surface area contributed by atoms with E-state index in [0.717, 1.165) is 70.6 Å². The summed E-state index contributed by atoms with van der Waals surface area (Å²) in [6.07, 6.45) is 48.8. The zero-order valence-corrected chi connectivity index (χ0v) is 40.1. The molecule has 0 aliphatic rings. The smallest absolute Gasteiger partial charge is 0.361 e. The molecule has 0 radical (unpaired) electrons. The Bertz CT molecular complexity index is 1140. The Labute approximate surface area is 374 Å². The molecule has 61 heavy (non-hydrogen) atoms. The molecule has 0 aromatic heterocycles. The molecule has 9 nitrogen and oxygen atoms in total. The summed E-state index contributed by atoms with van der Waals surface area (Å²) >= 11 is 0. The summed E-state index contributed by atoms with van der Waals surface area (Å²) in [6, 6.07) is 0. The van der Waals surface area contributed by atoms with E-state index in [2.05, 4.69) is 62.5 Å². The van der Waals surface area contributed by atoms with Gasteiger partial charge in [-0.3, -0.25) is 9.59 Å². The number of likely N-dealkylation sites (N-methyl/N-ethyl adjacent to an activating group) is 1. The first-order valence-corrected chi connectivity index (χ1v) is 24.8. The lowest BCUT2D eigenvalue weighted by molar-refractivity contribution is -0.870. The molecule has 0 rings (SSSR count). The van der Waals surface area contributed by atoms with E-state index in [-0.39, 0.29) is 32.2 Å². The van der Waals surface area contributed by atoms with Crippen LogP contribution < -0.4 is 0 Å². The van der Waals surface area contributed by atoms with Crippen LogP contribution in [0.25, 0.3) is 0 Å². The van der Waals surface area contributed by atoms with Gasteiger partial charge in [0.05, 0.1) is 34.4 Å². The third-order valence-corrected chi connectivity index (χ3v) is 10.6. The molecule has 2 atom stereocenters. The van der Waals surface area contributed by atoms with Gasteiger partial charge in [-0.2, -0.15) is 0 Å². The fraction of sp³-hybridized carbons (Fsp3) is 0.788. The van der Waals surface area contributed by atoms with Gasteiger partial charge in [0.25, 0.3) is 6.29 Å². The van der Waals surface area contributed by atoms with Gasteiger partial charge in [-0.1, -0.05) is 191 Å². The summed E-state index contributed by atoms with van der Waals surface area (Å²) in [5, 5.41) is 9.65. The third kappa shape index (κ3) is 45.1. The molecule has 2 unspecified atom stereocenters. The van der Waals surface area contributed by atoms with E-state index in [9.17, 15) is 19.5 Å². The number of carboxylic acids is 1. The SMILES string of the molecule is CC/C=C\C/C=C\C/C=C\C/C=C\CCCCCCCCCCCCC(=O)OC(COC(=O)CCCCCCCCCCCCCCC)COC(OCC[N+](C)(C)C)C(=O)O. The third-order valence-electron chi connectivity index (χ3n) is 10.6. The maximum absolute atomic E-state index is 12.8. The lowest BCUT2D eigenvalue weighted by Gasteiger charge is -2.25. The van der Waals surface area contributed by atoms with Gasteiger partial charge >= 0.3 is 17.9 Å². The van der Waals surface area contributed by atoms with E-state index >= 15 is 0 Å². The van der Waals surface area contributed by atoms with Gasteiger partial charge in [0.15, 0.2) is 6.10 Å². The zero-order valence-electron chi connectivity index (χ0n) is 40.1. The van der Waals surface area contributed by atoms with Gasteiger partial charge in [-0.15, -0.1) is 0 Å². The van der Waals surface area contributed by atoms with Gasteiger partial charge in [0, 0.05) is 12.8 Å². The number of esters is 2. The Morgan fingerprint density at radius 1 is 0.508 bits per heavy atom. The Morgan fingerprint density at radius 2 is 0.934 bits per heavy atom. The summed E-state index contributed by atoms with van der Waals surface area (Å²) < 4.78 is 22.8. The molecule has 1 N–H and O–H groups in total. The van der Waals surface area contributed by atoms with Crippen LogP contribution in [0.15, 0.2) is 48.6 Å². The lowest BCUT2D eigenvalue weighted by Crippen LogP contribution is -2.40. The number of hydrogen-bond donors (Lipinski definition) is 1. The standard InChI is InChI=1S/C52H93NO8/c1-6-8-10-12-14-16-18-20-21-22-23-24-25-26-27-28-29-31-33-35-37-39-41-43-50(55)61-48(47-60-52(51(56)57)58-45-44-53(3,4)5)46-59-49(54)42-40-38-36-34-32-30-19-17-15-13-11-9-7-2/h8,10,14,16,20-21,23-24,48,52H,6-7,9,11-13,15,17-19,22,25-47H2,1-5H3/p+1/b10-8-,16-14-,21-20-,24-23-. The number of hydrogen-bond acceptors (Lipinski definition) is 7. The monoisotopic (exact) mass is 861 g/mol. The average molecular weight is 861 g/mol. The highest BCUT2D eigenvalue weighted by Gasteiger charge is 2.25. The van der Waals surface area contributed by atoms with Crippen LogP contribution in [0.1, 0.15) is 206 Å². The normalized spacial score (nSPS) is 13.3. The van der Waals surface area contributed by atoms with Crippen molar-refractivity contribution in [2.75, 3.05) is 47.5 Å². The van der Waals surface area contributed by atoms with Crippen LogP contribution in [0.5, 0.6) is 0 Å². The number of carbonyl (C=O) groups is 3. The van der Waals surface area contributed by atoms with Gasteiger partial charge in [-0.25, -0.2) is 4.79 Å². The van der Waals surface area contributed by atoms with Crippen molar-refractivity contribution in [1.82, 2.24) is 0 Å². The van der Waals surface area contributed by atoms with E-state index in [1.54, 1.807) is 0 Å². The van der Waals surface area contributed by atoms with Crippen molar-refractivity contribution in [3.63, 3.8) is 0 Å². The lowest BCUT2D eigenvalue weighted by atomic mass is 10.0. The highest BCUT2D eigenvalue weighted by atomic mass is 16.7. The van der Waals surface area contributed by atoms with Crippen LogP contribution in [0.2, 0.25) is 0 Å². The molecule has 0 aliphatic heterocycles. The van der Waals surface area contributed by atoms with Crippen molar-refractivity contribution in [3.05, 3.63) is 48.6 Å². The number of aliphatic carboxylic acids is 1. The summed E-state index contributed by atoms with van der Waals surface area (Å²) in [4.78, 5) is 37.2. The molecule has 0 bridgehead atoms. The predicted octanol–water partition coefficient (Wildman–Crippen LogP) is 13.6. The van der Waals surface area contributed by atoms with Crippen LogP contribution in [-0.2, 0) is 33.3 Å². The number of rotatable bonds is 45. The fourth-order valence-corrected chi connectivity index (χ4v) is 6.77. The quantitative estimate of drug-likeness (QED) is 0.0212. The minimum atomic E-state index is -1.51. The number of nitrogens with zero attached hydrogens (tertiary/aromatic N) is 1. The maximum Gasteiger partial charge on any atom is 0.361 e. The van der Waals surface area contributed by atoms with Crippen LogP contribution in [0.4, 0.5) is 0 Å². The molecule has 0 aromatic carbocycles. The first-order valence-electron chi connectivity index (χ1n) is 24.8. The van der Waals surface area contributed by atoms with E-state index in [1.807, 2.05) is 21.1 Å². The molecule has 0 saturated carbocycles. The van der Waals surface area contributed by atoms with Crippen molar-refractivity contribution >= 4 is 17.9 Å². The molecular formula is C52H94NO8+. The van der Waals surface area contributed by atoms with Crippen LogP contribution >= 0.6 is 0 Å². The van der Waals surface area contributed by atoms with Gasteiger partial charge in [-0.05, 0) is 51.4 Å². The Morgan fingerprint density at radius 3 is 1.39 bits per heavy atom. The number of ether oxygens (including phenoxy) is 4. The second-order valence-corrected chi connectivity index (χ2v) is 17.8. The van der Waals surface area contributed by atoms with Crippen molar-refractivity contribution in [2.24, 2.45) is 0 Å². The van der Waals surface area contributed by atoms with E-state index in [4.69, 9.17) is 18.9 Å². The van der Waals surface area contributed by atoms with E-state index in [0.29, 0.717) is 23.9 Å². The van der Waals surface area contributed by atoms with Crippen molar-refractivity contribution in [1.29, 1.82) is 0 Å². The summed E-state index contributed by atoms with van der Waals surface area (Å²) in [7, 11) is 5.96. The number of quaternary nitrogens is 1. The first-order chi connectivity index (χ1) is 29.6. The van der Waals surface area contributed by atoms with Crippen LogP contribution in [0, 0.1) is 0 Å². The number of allylic oxidation sites excluding steroid dienone is 8. The molecular weight excluding hydrogens is 767 g/mol. The van der Waals surface area contributed by atoms with Gasteiger partial charge in [0.2, 0.25) is 0 Å². The van der Waals surface area contributed by atoms with E-state index < -0.39 is 24.3 Å². The topological polar surface area (TPSA) is 108 Å².